The maximum Gasteiger partial charge on any atom is 0.305 e. The molecule has 1 aromatic rings. The van der Waals surface area contributed by atoms with Gasteiger partial charge in [-0.15, -0.1) is 0 Å². The van der Waals surface area contributed by atoms with Gasteiger partial charge in [-0.2, -0.15) is 12.6 Å². The molecule has 0 saturated carbocycles. The van der Waals surface area contributed by atoms with E-state index in [1.54, 1.807) is 30.3 Å². The van der Waals surface area contributed by atoms with Gasteiger partial charge in [0.25, 0.3) is 5.97 Å². The predicted molar refractivity (Wildman–Crippen MR) is 160 cm³/mol. The van der Waals surface area contributed by atoms with Gasteiger partial charge in [-0.3, -0.25) is 38.6 Å². The monoisotopic (exact) mass is 638 g/mol. The molecule has 1 aliphatic heterocycles. The van der Waals surface area contributed by atoms with Crippen LogP contribution in [-0.2, 0) is 40.0 Å². The zero-order valence-corrected chi connectivity index (χ0v) is 24.8. The molecule has 17 nitrogen and oxygen atoms in total. The van der Waals surface area contributed by atoms with Crippen molar-refractivity contribution in [2.24, 2.45) is 16.5 Å². The largest absolute Gasteiger partial charge is 0.481 e. The molecule has 0 unspecified atom stereocenters. The zero-order chi connectivity index (χ0) is 33.2. The van der Waals surface area contributed by atoms with E-state index in [4.69, 9.17) is 21.4 Å². The van der Waals surface area contributed by atoms with Crippen molar-refractivity contribution in [1.82, 2.24) is 26.6 Å². The number of nitrogens with two attached hydrogens (primary N) is 2. The first-order valence-corrected chi connectivity index (χ1v) is 14.0. The number of carbonyl (C=O) groups is 7. The first-order chi connectivity index (χ1) is 20.7. The number of guanidine groups is 1. The van der Waals surface area contributed by atoms with Crippen molar-refractivity contribution in [1.29, 1.82) is 0 Å². The number of carbonyl (C=O) groups excluding carboxylic acids is 5. The number of nitrogens with zero attached hydrogens (tertiary/aromatic N) is 1. The average Bonchev–Trinajstić information content (AvgIpc) is 2.94. The number of thiol groups is 1. The maximum absolute atomic E-state index is 13.3. The van der Waals surface area contributed by atoms with Gasteiger partial charge in [0.05, 0.1) is 13.0 Å². The topological polar surface area (TPSA) is 284 Å². The number of benzene rings is 1. The van der Waals surface area contributed by atoms with Gasteiger partial charge in [-0.1, -0.05) is 30.3 Å². The molecule has 11 N–H and O–H groups in total. The van der Waals surface area contributed by atoms with Crippen LogP contribution in [-0.4, -0.2) is 101 Å². The molecule has 1 fully saturated rings. The van der Waals surface area contributed by atoms with Gasteiger partial charge >= 0.3 is 5.97 Å². The Hall–Kier alpha value is -4.87. The van der Waals surface area contributed by atoms with Gasteiger partial charge in [0.1, 0.15) is 24.2 Å². The fraction of sp³-hybridized carbons (Fsp3) is 0.462. The normalized spacial score (nSPS) is 21.3. The molecule has 4 atom stereocenters. The molecular formula is C26H38N8O9S. The number of carboxylic acid groups (broad SMARTS) is 2. The smallest absolute Gasteiger partial charge is 0.305 e. The number of rotatable bonds is 9. The van der Waals surface area contributed by atoms with Crippen LogP contribution in [0, 0.1) is 0 Å². The Kier molecular flexibility index (Phi) is 16.3. The highest BCUT2D eigenvalue weighted by molar-refractivity contribution is 7.80. The van der Waals surface area contributed by atoms with Gasteiger partial charge in [-0.25, -0.2) is 0 Å². The van der Waals surface area contributed by atoms with Gasteiger partial charge in [0.2, 0.25) is 29.5 Å². The van der Waals surface area contributed by atoms with Crippen molar-refractivity contribution in [3.63, 3.8) is 0 Å². The molecule has 5 amide bonds. The summed E-state index contributed by atoms with van der Waals surface area (Å²) in [4.78, 5) is 88.9. The lowest BCUT2D eigenvalue weighted by Crippen LogP contribution is -2.58. The molecule has 0 radical (unpaired) electrons. The molecular weight excluding hydrogens is 600 g/mol. The number of hydrogen-bond acceptors (Lipinski definition) is 9. The van der Waals surface area contributed by atoms with Crippen LogP contribution in [0.1, 0.15) is 31.7 Å². The van der Waals surface area contributed by atoms with E-state index in [2.05, 4.69) is 44.2 Å². The summed E-state index contributed by atoms with van der Waals surface area (Å²) in [6.45, 7) is 0.643. The second kappa shape index (κ2) is 19.3. The predicted octanol–water partition coefficient (Wildman–Crippen LogP) is -3.15. The molecule has 0 aliphatic carbocycles. The molecule has 1 aliphatic rings. The number of carboxylic acids is 2. The minimum atomic E-state index is -1.55. The first kappa shape index (κ1) is 37.2. The molecule has 1 heterocycles. The van der Waals surface area contributed by atoms with E-state index in [0.717, 1.165) is 6.92 Å². The Balaban J connectivity index is 0.00000227. The molecule has 0 spiro atoms. The second-order valence-corrected chi connectivity index (χ2v) is 9.82. The quantitative estimate of drug-likeness (QED) is 0.0558. The molecule has 2 rings (SSSR count). The summed E-state index contributed by atoms with van der Waals surface area (Å²) < 4.78 is 0. The Morgan fingerprint density at radius 2 is 1.41 bits per heavy atom. The summed E-state index contributed by atoms with van der Waals surface area (Å²) in [6.07, 6.45) is -0.404. The van der Waals surface area contributed by atoms with Crippen LogP contribution < -0.4 is 38.1 Å². The highest BCUT2D eigenvalue weighted by atomic mass is 32.1. The van der Waals surface area contributed by atoms with E-state index in [1.807, 2.05) is 0 Å². The number of aliphatic imine (C=N–C) groups is 1. The van der Waals surface area contributed by atoms with Gasteiger partial charge in [0.15, 0.2) is 5.96 Å². The first-order valence-electron chi connectivity index (χ1n) is 13.3. The second-order valence-electron chi connectivity index (χ2n) is 9.46. The van der Waals surface area contributed by atoms with Crippen LogP contribution in [0.25, 0.3) is 0 Å². The maximum atomic E-state index is 13.3. The standard InChI is InChI=1S/C24H34N8O7S.C2H4O2/c25-24(26)27-8-4-7-14-20(36)28-11-18(33)29-16(10-19(34)35)22(38)31-15(9-13-5-2-1-3-6-13)21(37)32-17(12-40)23(39)30-14;1-2(3)4/h1-3,5-6,14-17,40H,4,7-12H2,(H,28,36)(H,29,33)(H,30,39)(H,31,38)(H,32,37)(H,34,35)(H4,25,26,27);1H3,(H,3,4)/t14-,15+,16-,17-;/m0./s1. The summed E-state index contributed by atoms with van der Waals surface area (Å²) in [5.41, 5.74) is 11.3. The van der Waals surface area contributed by atoms with E-state index in [0.29, 0.717) is 12.0 Å². The number of nitrogens with one attached hydrogen (secondary N) is 5. The lowest BCUT2D eigenvalue weighted by atomic mass is 10.0. The van der Waals surface area contributed by atoms with Gasteiger partial charge < -0.3 is 48.3 Å². The number of amides is 5. The van der Waals surface area contributed by atoms with Crippen molar-refractivity contribution < 1.29 is 43.8 Å². The van der Waals surface area contributed by atoms with Crippen molar-refractivity contribution in [3.8, 4) is 0 Å². The van der Waals surface area contributed by atoms with Crippen LogP contribution in [0.3, 0.4) is 0 Å². The third-order valence-electron chi connectivity index (χ3n) is 5.76. The van der Waals surface area contributed by atoms with Crippen molar-refractivity contribution in [2.75, 3.05) is 18.8 Å². The molecule has 18 heteroatoms. The fourth-order valence-corrected chi connectivity index (χ4v) is 4.02. The van der Waals surface area contributed by atoms with Crippen molar-refractivity contribution in [2.45, 2.75) is 56.8 Å². The van der Waals surface area contributed by atoms with E-state index in [-0.39, 0.29) is 31.1 Å². The Morgan fingerprint density at radius 3 is 1.98 bits per heavy atom. The molecule has 242 valence electrons. The van der Waals surface area contributed by atoms with E-state index >= 15 is 0 Å². The third kappa shape index (κ3) is 14.9. The van der Waals surface area contributed by atoms with Crippen molar-refractivity contribution in [3.05, 3.63) is 35.9 Å². The minimum absolute atomic E-state index is 0.000516. The van der Waals surface area contributed by atoms with Crippen LogP contribution >= 0.6 is 12.6 Å². The molecule has 1 saturated heterocycles. The molecule has 44 heavy (non-hydrogen) atoms. The van der Waals surface area contributed by atoms with Crippen LogP contribution in [0.15, 0.2) is 35.3 Å². The van der Waals surface area contributed by atoms with E-state index < -0.39 is 78.6 Å². The molecule has 0 aromatic heterocycles. The summed E-state index contributed by atoms with van der Waals surface area (Å²) in [6, 6.07) is 3.56. The Bertz CT molecular complexity index is 1210. The van der Waals surface area contributed by atoms with E-state index in [1.165, 1.54) is 0 Å². The average molecular weight is 639 g/mol. The highest BCUT2D eigenvalue weighted by Crippen LogP contribution is 2.07. The van der Waals surface area contributed by atoms with Crippen LogP contribution in [0.5, 0.6) is 0 Å². The summed E-state index contributed by atoms with van der Waals surface area (Å²) in [5, 5.41) is 28.9. The van der Waals surface area contributed by atoms with Gasteiger partial charge in [0, 0.05) is 25.6 Å². The molecule has 0 bridgehead atoms. The number of hydrogen-bond donors (Lipinski definition) is 10. The third-order valence-corrected chi connectivity index (χ3v) is 6.13. The van der Waals surface area contributed by atoms with Crippen LogP contribution in [0.4, 0.5) is 0 Å². The Labute approximate surface area is 258 Å². The lowest BCUT2D eigenvalue weighted by molar-refractivity contribution is -0.141. The summed E-state index contributed by atoms with van der Waals surface area (Å²) >= 11 is 4.15. The lowest BCUT2D eigenvalue weighted by Gasteiger charge is -2.25. The summed E-state index contributed by atoms with van der Waals surface area (Å²) in [5.74, 6) is -6.49. The van der Waals surface area contributed by atoms with E-state index in [9.17, 15) is 33.9 Å². The Morgan fingerprint density at radius 1 is 0.864 bits per heavy atom. The van der Waals surface area contributed by atoms with Crippen LogP contribution in [0.2, 0.25) is 0 Å². The van der Waals surface area contributed by atoms with Crippen molar-refractivity contribution >= 4 is 60.1 Å². The fourth-order valence-electron chi connectivity index (χ4n) is 3.76. The van der Waals surface area contributed by atoms with Gasteiger partial charge in [-0.05, 0) is 18.4 Å². The zero-order valence-electron chi connectivity index (χ0n) is 23.9. The SMILES string of the molecule is CC(=O)O.NC(N)=NCCC[C@@H]1NC(=O)[C@H](CS)NC(=O)[C@@H](Cc2ccccc2)NC(=O)[C@H](CC(=O)O)NC(=O)CNC1=O. The summed E-state index contributed by atoms with van der Waals surface area (Å²) in [7, 11) is 0. The number of aliphatic carboxylic acids is 2. The highest BCUT2D eigenvalue weighted by Gasteiger charge is 2.32. The molecule has 1 aromatic carbocycles. The minimum Gasteiger partial charge on any atom is -0.481 e.